The van der Waals surface area contributed by atoms with Gasteiger partial charge in [0.05, 0.1) is 33.6 Å². The maximum Gasteiger partial charge on any atom is 0.256 e. The molecule has 4 aromatic rings. The number of hydrogen-bond acceptors (Lipinski definition) is 6. The van der Waals surface area contributed by atoms with Gasteiger partial charge in [-0.2, -0.15) is 4.31 Å². The van der Waals surface area contributed by atoms with E-state index in [4.69, 9.17) is 4.98 Å². The molecule has 2 N–H and O–H groups in total. The highest BCUT2D eigenvalue weighted by atomic mass is 32.2. The number of hydrogen-bond donors (Lipinski definition) is 2. The molecule has 7 nitrogen and oxygen atoms in total. The maximum atomic E-state index is 13.4. The number of thiophene rings is 1. The number of para-hydroxylation sites is 1. The molecule has 3 heterocycles. The van der Waals surface area contributed by atoms with Gasteiger partial charge in [0, 0.05) is 30.6 Å². The van der Waals surface area contributed by atoms with Gasteiger partial charge in [-0.25, -0.2) is 13.4 Å². The monoisotopic (exact) mass is 569 g/mol. The number of aromatic nitrogens is 1. The van der Waals surface area contributed by atoms with Crippen molar-refractivity contribution in [1.82, 2.24) is 9.29 Å². The van der Waals surface area contributed by atoms with Crippen LogP contribution in [0.3, 0.4) is 0 Å². The second-order valence-electron chi connectivity index (χ2n) is 9.71. The van der Waals surface area contributed by atoms with E-state index < -0.39 is 10.0 Å². The first-order valence-electron chi connectivity index (χ1n) is 13.0. The molecule has 1 aliphatic rings. The average molecular weight is 570 g/mol. The van der Waals surface area contributed by atoms with Gasteiger partial charge in [-0.3, -0.25) is 4.79 Å². The summed E-state index contributed by atoms with van der Waals surface area (Å²) in [6.45, 7) is 6.86. The summed E-state index contributed by atoms with van der Waals surface area (Å²) in [5.74, 6) is -0.255. The van der Waals surface area contributed by atoms with Crippen molar-refractivity contribution in [3.05, 3.63) is 64.5 Å². The molecule has 2 aromatic heterocycles. The van der Waals surface area contributed by atoms with Crippen molar-refractivity contribution >= 4 is 53.8 Å². The summed E-state index contributed by atoms with van der Waals surface area (Å²) in [7, 11) is -1.40. The number of nitrogens with zero attached hydrogens (tertiary/aromatic N) is 2. The van der Waals surface area contributed by atoms with Crippen LogP contribution >= 0.6 is 22.7 Å². The smallest absolute Gasteiger partial charge is 0.256 e. The fourth-order valence-corrected chi connectivity index (χ4v) is 8.96. The first-order valence-corrected chi connectivity index (χ1v) is 16.1. The summed E-state index contributed by atoms with van der Waals surface area (Å²) in [5, 5.41) is 4.87. The molecular weight excluding hydrogens is 537 g/mol. The SMILES string of the molecule is CCCN(CCC)S(=O)(=O)c1ccc(C(=O)Nc2sc3c(c2-c2nc4ccccc4s2)CC[NH+](C)C3)cc1. The quantitative estimate of drug-likeness (QED) is 0.307. The summed E-state index contributed by atoms with van der Waals surface area (Å²) >= 11 is 3.27. The zero-order valence-corrected chi connectivity index (χ0v) is 24.4. The van der Waals surface area contributed by atoms with Crippen LogP contribution in [0.2, 0.25) is 0 Å². The van der Waals surface area contributed by atoms with E-state index in [0.29, 0.717) is 18.7 Å². The van der Waals surface area contributed by atoms with Crippen LogP contribution in [0, 0.1) is 0 Å². The molecule has 0 spiro atoms. The standard InChI is InChI=1S/C28H32N4O3S3/c1-4-15-32(16-5-2)38(34,35)20-12-10-19(11-13-20)26(33)30-28-25(21-14-17-31(3)18-24(21)37-28)27-29-22-8-6-7-9-23(22)36-27/h6-13H,4-5,14-18H2,1-3H3,(H,30,33)/p+1. The van der Waals surface area contributed by atoms with Gasteiger partial charge in [-0.05, 0) is 54.8 Å². The number of nitrogens with one attached hydrogen (secondary N) is 2. The van der Waals surface area contributed by atoms with Crippen molar-refractivity contribution in [2.75, 3.05) is 32.0 Å². The minimum Gasteiger partial charge on any atom is -0.333 e. The largest absolute Gasteiger partial charge is 0.333 e. The predicted molar refractivity (Wildman–Crippen MR) is 156 cm³/mol. The Labute approximate surface area is 232 Å². The zero-order chi connectivity index (χ0) is 26.9. The fourth-order valence-electron chi connectivity index (χ4n) is 4.87. The third kappa shape index (κ3) is 5.28. The number of carbonyl (C=O) groups excluding carboxylic acids is 1. The van der Waals surface area contributed by atoms with E-state index in [0.717, 1.165) is 58.1 Å². The normalized spacial score (nSPS) is 15.6. The first-order chi connectivity index (χ1) is 18.3. The Bertz CT molecular complexity index is 1520. The Kier molecular flexibility index (Phi) is 7.97. The lowest BCUT2D eigenvalue weighted by Crippen LogP contribution is -3.08. The second kappa shape index (κ2) is 11.2. The fraction of sp³-hybridized carbons (Fsp3) is 0.357. The van der Waals surface area contributed by atoms with Gasteiger partial charge >= 0.3 is 0 Å². The Hall–Kier alpha value is -2.63. The highest BCUT2D eigenvalue weighted by molar-refractivity contribution is 7.89. The molecule has 0 saturated carbocycles. The molecule has 5 rings (SSSR count). The number of carbonyl (C=O) groups is 1. The number of amides is 1. The second-order valence-corrected chi connectivity index (χ2v) is 13.8. The summed E-state index contributed by atoms with van der Waals surface area (Å²) < 4.78 is 28.9. The molecule has 0 aliphatic carbocycles. The summed E-state index contributed by atoms with van der Waals surface area (Å²) in [5.41, 5.74) is 3.69. The molecule has 200 valence electrons. The Morgan fingerprint density at radius 3 is 2.45 bits per heavy atom. The number of likely N-dealkylation sites (N-methyl/N-ethyl adjacent to an activating group) is 1. The molecule has 10 heteroatoms. The van der Waals surface area contributed by atoms with Crippen LogP contribution < -0.4 is 10.2 Å². The number of fused-ring (bicyclic) bond motifs is 2. The van der Waals surface area contributed by atoms with Crippen molar-refractivity contribution in [2.24, 2.45) is 0 Å². The molecule has 38 heavy (non-hydrogen) atoms. The third-order valence-electron chi connectivity index (χ3n) is 6.79. The third-order valence-corrected chi connectivity index (χ3v) is 10.9. The van der Waals surface area contributed by atoms with E-state index in [1.807, 2.05) is 32.0 Å². The first kappa shape index (κ1) is 27.0. The van der Waals surface area contributed by atoms with Crippen LogP contribution in [-0.2, 0) is 23.0 Å². The topological polar surface area (TPSA) is 83.8 Å². The van der Waals surface area contributed by atoms with E-state index in [1.165, 1.54) is 31.8 Å². The van der Waals surface area contributed by atoms with E-state index in [1.54, 1.807) is 34.8 Å². The van der Waals surface area contributed by atoms with E-state index in [-0.39, 0.29) is 10.8 Å². The van der Waals surface area contributed by atoms with E-state index in [2.05, 4.69) is 18.4 Å². The average Bonchev–Trinajstić information content (AvgIpc) is 3.48. The van der Waals surface area contributed by atoms with Gasteiger partial charge < -0.3 is 10.2 Å². The molecule has 1 atom stereocenters. The molecular formula is C28H33N4O3S3+. The summed E-state index contributed by atoms with van der Waals surface area (Å²) in [6, 6.07) is 14.4. The van der Waals surface area contributed by atoms with Crippen molar-refractivity contribution in [2.45, 2.75) is 44.6 Å². The lowest BCUT2D eigenvalue weighted by molar-refractivity contribution is -0.895. The minimum absolute atomic E-state index is 0.212. The number of sulfonamides is 1. The molecule has 1 amide bonds. The molecule has 1 aliphatic heterocycles. The van der Waals surface area contributed by atoms with Crippen LogP contribution in [0.1, 0.15) is 47.5 Å². The van der Waals surface area contributed by atoms with Crippen LogP contribution in [0.25, 0.3) is 20.8 Å². The van der Waals surface area contributed by atoms with Crippen molar-refractivity contribution < 1.29 is 18.1 Å². The molecule has 0 radical (unpaired) electrons. The molecule has 1 unspecified atom stereocenters. The summed E-state index contributed by atoms with van der Waals surface area (Å²) in [4.78, 5) is 21.2. The molecule has 0 saturated heterocycles. The maximum absolute atomic E-state index is 13.4. The van der Waals surface area contributed by atoms with Crippen LogP contribution in [0.4, 0.5) is 5.00 Å². The lowest BCUT2D eigenvalue weighted by Gasteiger charge is -2.21. The van der Waals surface area contributed by atoms with Crippen LogP contribution in [0.5, 0.6) is 0 Å². The highest BCUT2D eigenvalue weighted by Gasteiger charge is 2.29. The van der Waals surface area contributed by atoms with E-state index >= 15 is 0 Å². The zero-order valence-electron chi connectivity index (χ0n) is 21.9. The Balaban J connectivity index is 1.44. The minimum atomic E-state index is -3.60. The molecule has 0 fully saturated rings. The predicted octanol–water partition coefficient (Wildman–Crippen LogP) is 4.66. The number of quaternary nitrogens is 1. The number of rotatable bonds is 9. The van der Waals surface area contributed by atoms with E-state index in [9.17, 15) is 13.2 Å². The van der Waals surface area contributed by atoms with Gasteiger partial charge in [0.25, 0.3) is 5.91 Å². The van der Waals surface area contributed by atoms with Crippen molar-refractivity contribution in [1.29, 1.82) is 0 Å². The molecule has 0 bridgehead atoms. The van der Waals surface area contributed by atoms with Crippen molar-refractivity contribution in [3.63, 3.8) is 0 Å². The number of thiazole rings is 1. The van der Waals surface area contributed by atoms with Gasteiger partial charge in [0.1, 0.15) is 16.6 Å². The molecule has 2 aromatic carbocycles. The highest BCUT2D eigenvalue weighted by Crippen LogP contribution is 2.44. The van der Waals surface area contributed by atoms with Crippen molar-refractivity contribution in [3.8, 4) is 10.6 Å². The summed E-state index contributed by atoms with van der Waals surface area (Å²) in [6.07, 6.45) is 2.44. The lowest BCUT2D eigenvalue weighted by atomic mass is 10.0. The Morgan fingerprint density at radius 1 is 1.05 bits per heavy atom. The number of benzene rings is 2. The van der Waals surface area contributed by atoms with Crippen LogP contribution in [0.15, 0.2) is 53.4 Å². The van der Waals surface area contributed by atoms with Gasteiger partial charge in [-0.1, -0.05) is 26.0 Å². The van der Waals surface area contributed by atoms with Gasteiger partial charge in [-0.15, -0.1) is 22.7 Å². The van der Waals surface area contributed by atoms with Crippen LogP contribution in [-0.4, -0.2) is 50.3 Å². The van der Waals surface area contributed by atoms with Gasteiger partial charge in [0.15, 0.2) is 0 Å². The number of anilines is 1. The van der Waals surface area contributed by atoms with Gasteiger partial charge in [0.2, 0.25) is 10.0 Å². The Morgan fingerprint density at radius 2 is 1.76 bits per heavy atom.